The van der Waals surface area contributed by atoms with Crippen LogP contribution in [0.3, 0.4) is 0 Å². The highest BCUT2D eigenvalue weighted by Gasteiger charge is 2.13. The first-order chi connectivity index (χ1) is 8.16. The molecule has 1 heterocycles. The average molecular weight is 258 g/mol. The molecule has 0 spiro atoms. The predicted molar refractivity (Wildman–Crippen MR) is 66.6 cm³/mol. The second-order valence-electron chi connectivity index (χ2n) is 4.37. The Hall–Kier alpha value is -1.07. The van der Waals surface area contributed by atoms with E-state index in [1.165, 1.54) is 36.4 Å². The number of nitrogens with one attached hydrogen (secondary N) is 2. The van der Waals surface area contributed by atoms with Crippen molar-refractivity contribution in [2.24, 2.45) is 0 Å². The summed E-state index contributed by atoms with van der Waals surface area (Å²) in [4.78, 5) is 24.7. The maximum Gasteiger partial charge on any atom is 0.328 e. The highest BCUT2D eigenvalue weighted by molar-refractivity contribution is 6.30. The number of aromatic nitrogens is 2. The molecule has 0 aromatic carbocycles. The molecule has 0 bridgehead atoms. The highest BCUT2D eigenvalue weighted by atomic mass is 35.5. The first-order valence-corrected chi connectivity index (χ1v) is 6.27. The molecule has 17 heavy (non-hydrogen) atoms. The number of hydrogen-bond donors (Lipinski definition) is 2. The van der Waals surface area contributed by atoms with E-state index in [0.717, 1.165) is 0 Å². The van der Waals surface area contributed by atoms with Crippen LogP contribution >= 0.6 is 11.6 Å². The highest BCUT2D eigenvalue weighted by Crippen LogP contribution is 2.17. The van der Waals surface area contributed by atoms with Crippen molar-refractivity contribution in [1.82, 2.24) is 14.9 Å². The second-order valence-corrected chi connectivity index (χ2v) is 4.77. The number of hydrogen-bond acceptors (Lipinski definition) is 3. The molecule has 6 heteroatoms. The lowest BCUT2D eigenvalue weighted by molar-refractivity contribution is 0.489. The normalized spacial score (nSPS) is 16.5. The monoisotopic (exact) mass is 257 g/mol. The minimum atomic E-state index is -0.531. The number of aromatic amines is 1. The summed E-state index contributed by atoms with van der Waals surface area (Å²) in [7, 11) is 0. The Morgan fingerprint density at radius 2 is 2.12 bits per heavy atom. The van der Waals surface area contributed by atoms with Gasteiger partial charge in [-0.1, -0.05) is 24.4 Å². The summed E-state index contributed by atoms with van der Waals surface area (Å²) in [6, 6.07) is 0.573. The van der Waals surface area contributed by atoms with E-state index in [0.29, 0.717) is 19.1 Å². The van der Waals surface area contributed by atoms with Crippen molar-refractivity contribution >= 4 is 11.6 Å². The van der Waals surface area contributed by atoms with E-state index in [1.807, 2.05) is 0 Å². The van der Waals surface area contributed by atoms with Gasteiger partial charge in [-0.2, -0.15) is 0 Å². The van der Waals surface area contributed by atoms with Gasteiger partial charge in [0.1, 0.15) is 5.02 Å². The molecule has 0 radical (unpaired) electrons. The van der Waals surface area contributed by atoms with Gasteiger partial charge in [0.15, 0.2) is 0 Å². The van der Waals surface area contributed by atoms with Gasteiger partial charge in [-0.25, -0.2) is 4.79 Å². The molecule has 1 saturated carbocycles. The van der Waals surface area contributed by atoms with Gasteiger partial charge < -0.3 is 5.32 Å². The molecule has 1 fully saturated rings. The van der Waals surface area contributed by atoms with E-state index < -0.39 is 11.2 Å². The Kier molecular flexibility index (Phi) is 4.02. The minimum absolute atomic E-state index is 0.0467. The third-order valence-electron chi connectivity index (χ3n) is 3.11. The van der Waals surface area contributed by atoms with Crippen molar-refractivity contribution < 1.29 is 0 Å². The molecule has 1 aromatic rings. The largest absolute Gasteiger partial charge is 0.328 e. The molecule has 0 amide bonds. The third kappa shape index (κ3) is 3.20. The van der Waals surface area contributed by atoms with Crippen molar-refractivity contribution in [3.05, 3.63) is 32.1 Å². The van der Waals surface area contributed by atoms with Crippen LogP contribution in [0, 0.1) is 0 Å². The fourth-order valence-corrected chi connectivity index (χ4v) is 2.33. The topological polar surface area (TPSA) is 66.9 Å². The van der Waals surface area contributed by atoms with Gasteiger partial charge in [-0.15, -0.1) is 0 Å². The summed E-state index contributed by atoms with van der Waals surface area (Å²) < 4.78 is 1.42. The van der Waals surface area contributed by atoms with E-state index in [9.17, 15) is 9.59 Å². The summed E-state index contributed by atoms with van der Waals surface area (Å²) in [5.74, 6) is 0. The molecule has 0 saturated heterocycles. The Labute approximate surface area is 104 Å². The zero-order chi connectivity index (χ0) is 12.3. The molecule has 5 nitrogen and oxygen atoms in total. The molecular formula is C11H16ClN3O2. The van der Waals surface area contributed by atoms with Crippen molar-refractivity contribution in [2.75, 3.05) is 6.54 Å². The minimum Gasteiger partial charge on any atom is -0.312 e. The zero-order valence-electron chi connectivity index (χ0n) is 9.54. The lowest BCUT2D eigenvalue weighted by Gasteiger charge is -2.12. The Balaban J connectivity index is 1.92. The van der Waals surface area contributed by atoms with Gasteiger partial charge in [0.2, 0.25) is 0 Å². The molecule has 1 aromatic heterocycles. The summed E-state index contributed by atoms with van der Waals surface area (Å²) in [5.41, 5.74) is -0.940. The smallest absolute Gasteiger partial charge is 0.312 e. The van der Waals surface area contributed by atoms with Crippen LogP contribution in [0.15, 0.2) is 15.8 Å². The summed E-state index contributed by atoms with van der Waals surface area (Å²) in [6.45, 7) is 1.23. The molecule has 0 atom stereocenters. The van der Waals surface area contributed by atoms with Crippen molar-refractivity contribution in [3.63, 3.8) is 0 Å². The molecule has 2 rings (SSSR count). The Bertz CT molecular complexity index is 488. The summed E-state index contributed by atoms with van der Waals surface area (Å²) in [6.07, 6.45) is 6.37. The summed E-state index contributed by atoms with van der Waals surface area (Å²) in [5, 5.41) is 3.44. The fraction of sp³-hybridized carbons (Fsp3) is 0.636. The molecule has 1 aliphatic rings. The first kappa shape index (κ1) is 12.4. The van der Waals surface area contributed by atoms with Gasteiger partial charge in [-0.3, -0.25) is 14.3 Å². The number of H-pyrrole nitrogens is 1. The van der Waals surface area contributed by atoms with Crippen LogP contribution < -0.4 is 16.6 Å². The SMILES string of the molecule is O=c1[nH]c(=O)n(CCNC2CCCC2)cc1Cl. The quantitative estimate of drug-likeness (QED) is 0.835. The van der Waals surface area contributed by atoms with Crippen LogP contribution in [-0.2, 0) is 6.54 Å². The van der Waals surface area contributed by atoms with Gasteiger partial charge in [0, 0.05) is 25.3 Å². The molecule has 1 aliphatic carbocycles. The van der Waals surface area contributed by atoms with Gasteiger partial charge in [-0.05, 0) is 12.8 Å². The van der Waals surface area contributed by atoms with Gasteiger partial charge >= 0.3 is 5.69 Å². The van der Waals surface area contributed by atoms with Crippen LogP contribution in [0.1, 0.15) is 25.7 Å². The molecule has 0 aliphatic heterocycles. The van der Waals surface area contributed by atoms with E-state index >= 15 is 0 Å². The molecule has 94 valence electrons. The number of halogens is 1. The molecule has 0 unspecified atom stereocenters. The summed E-state index contributed by atoms with van der Waals surface area (Å²) >= 11 is 5.67. The van der Waals surface area contributed by atoms with Crippen molar-refractivity contribution in [1.29, 1.82) is 0 Å². The van der Waals surface area contributed by atoms with E-state index in [-0.39, 0.29) is 5.02 Å². The van der Waals surface area contributed by atoms with Crippen LogP contribution in [0.4, 0.5) is 0 Å². The Morgan fingerprint density at radius 1 is 1.41 bits per heavy atom. The van der Waals surface area contributed by atoms with Crippen LogP contribution in [-0.4, -0.2) is 22.1 Å². The van der Waals surface area contributed by atoms with Gasteiger partial charge in [0.05, 0.1) is 0 Å². The van der Waals surface area contributed by atoms with E-state index in [1.54, 1.807) is 0 Å². The van der Waals surface area contributed by atoms with Crippen molar-refractivity contribution in [3.8, 4) is 0 Å². The number of rotatable bonds is 4. The Morgan fingerprint density at radius 3 is 2.82 bits per heavy atom. The second kappa shape index (κ2) is 5.51. The lowest BCUT2D eigenvalue weighted by Crippen LogP contribution is -2.35. The maximum absolute atomic E-state index is 11.4. The number of nitrogens with zero attached hydrogens (tertiary/aromatic N) is 1. The molecular weight excluding hydrogens is 242 g/mol. The lowest BCUT2D eigenvalue weighted by atomic mass is 10.2. The van der Waals surface area contributed by atoms with Gasteiger partial charge in [0.25, 0.3) is 5.56 Å². The first-order valence-electron chi connectivity index (χ1n) is 5.89. The standard InChI is InChI=1S/C11H16ClN3O2/c12-9-7-15(11(17)14-10(9)16)6-5-13-8-3-1-2-4-8/h7-8,13H,1-6H2,(H,14,16,17). The van der Waals surface area contributed by atoms with E-state index in [4.69, 9.17) is 11.6 Å². The maximum atomic E-state index is 11.4. The van der Waals surface area contributed by atoms with Crippen LogP contribution in [0.5, 0.6) is 0 Å². The van der Waals surface area contributed by atoms with Crippen molar-refractivity contribution in [2.45, 2.75) is 38.3 Å². The third-order valence-corrected chi connectivity index (χ3v) is 3.38. The average Bonchev–Trinajstić information content (AvgIpc) is 2.78. The van der Waals surface area contributed by atoms with E-state index in [2.05, 4.69) is 10.3 Å². The fourth-order valence-electron chi connectivity index (χ4n) is 2.17. The predicted octanol–water partition coefficient (Wildman–Crippen LogP) is 0.722. The van der Waals surface area contributed by atoms with Crippen LogP contribution in [0.2, 0.25) is 5.02 Å². The zero-order valence-corrected chi connectivity index (χ0v) is 10.3. The molecule has 2 N–H and O–H groups in total. The van der Waals surface area contributed by atoms with Crippen LogP contribution in [0.25, 0.3) is 0 Å².